The van der Waals surface area contributed by atoms with Crippen molar-refractivity contribution in [1.82, 2.24) is 9.97 Å². The van der Waals surface area contributed by atoms with Crippen LogP contribution in [0.3, 0.4) is 0 Å². The van der Waals surface area contributed by atoms with E-state index in [4.69, 9.17) is 0 Å². The highest BCUT2D eigenvalue weighted by Crippen LogP contribution is 2.25. The normalized spacial score (nSPS) is 11.4. The zero-order chi connectivity index (χ0) is 14.8. The summed E-state index contributed by atoms with van der Waals surface area (Å²) < 4.78 is 1.13. The van der Waals surface area contributed by atoms with Crippen molar-refractivity contribution in [1.29, 1.82) is 0 Å². The van der Waals surface area contributed by atoms with Gasteiger partial charge in [0.05, 0.1) is 6.54 Å². The van der Waals surface area contributed by atoms with Crippen LogP contribution in [0.15, 0.2) is 22.0 Å². The first kappa shape index (κ1) is 15.3. The molecule has 2 N–H and O–H groups in total. The Hall–Kier alpha value is -1.14. The van der Waals surface area contributed by atoms with Gasteiger partial charge < -0.3 is 10.6 Å². The first-order valence-electron chi connectivity index (χ1n) is 6.43. The molecule has 2 aromatic rings. The fourth-order valence-corrected chi connectivity index (χ4v) is 3.06. The first-order chi connectivity index (χ1) is 9.40. The van der Waals surface area contributed by atoms with Gasteiger partial charge in [-0.15, -0.1) is 11.3 Å². The molecule has 0 aliphatic rings. The number of aromatic nitrogens is 2. The molecule has 0 amide bonds. The summed E-state index contributed by atoms with van der Waals surface area (Å²) in [5.74, 6) is 2.50. The second kappa shape index (κ2) is 6.10. The van der Waals surface area contributed by atoms with Crippen molar-refractivity contribution in [3.05, 3.63) is 32.7 Å². The number of nitrogens with one attached hydrogen (secondary N) is 2. The van der Waals surface area contributed by atoms with Gasteiger partial charge in [0.2, 0.25) is 0 Å². The van der Waals surface area contributed by atoms with Gasteiger partial charge in [-0.3, -0.25) is 0 Å². The average Bonchev–Trinajstić information content (AvgIpc) is 2.80. The monoisotopic (exact) mass is 354 g/mol. The van der Waals surface area contributed by atoms with Crippen LogP contribution in [0.2, 0.25) is 0 Å². The van der Waals surface area contributed by atoms with E-state index < -0.39 is 0 Å². The Labute approximate surface area is 132 Å². The van der Waals surface area contributed by atoms with E-state index in [0.29, 0.717) is 0 Å². The van der Waals surface area contributed by atoms with Crippen molar-refractivity contribution in [3.8, 4) is 0 Å². The molecule has 0 atom stereocenters. The maximum absolute atomic E-state index is 4.61. The van der Waals surface area contributed by atoms with Crippen LogP contribution in [0.5, 0.6) is 0 Å². The van der Waals surface area contributed by atoms with Gasteiger partial charge in [0, 0.05) is 27.9 Å². The minimum Gasteiger partial charge on any atom is -0.373 e. The molecule has 108 valence electrons. The molecular formula is C14H19BrN4S. The zero-order valence-corrected chi connectivity index (χ0v) is 14.5. The number of anilines is 2. The van der Waals surface area contributed by atoms with E-state index in [9.17, 15) is 0 Å². The molecule has 6 heteroatoms. The molecule has 0 bridgehead atoms. The lowest BCUT2D eigenvalue weighted by atomic mass is 9.96. The number of halogens is 1. The van der Waals surface area contributed by atoms with Crippen LogP contribution in [0.4, 0.5) is 11.6 Å². The fraction of sp³-hybridized carbons (Fsp3) is 0.429. The second-order valence-electron chi connectivity index (χ2n) is 5.51. The van der Waals surface area contributed by atoms with Crippen LogP contribution >= 0.6 is 27.3 Å². The van der Waals surface area contributed by atoms with Crippen molar-refractivity contribution < 1.29 is 0 Å². The molecule has 0 aliphatic carbocycles. The van der Waals surface area contributed by atoms with E-state index in [2.05, 4.69) is 68.7 Å². The maximum atomic E-state index is 4.61. The largest absolute Gasteiger partial charge is 0.373 e. The molecule has 0 saturated heterocycles. The predicted octanol–water partition coefficient (Wildman–Crippen LogP) is 4.25. The van der Waals surface area contributed by atoms with E-state index in [0.717, 1.165) is 28.5 Å². The lowest BCUT2D eigenvalue weighted by molar-refractivity contribution is 0.546. The Bertz CT molecular complexity index is 589. The van der Waals surface area contributed by atoms with Crippen LogP contribution in [-0.2, 0) is 12.0 Å². The minimum atomic E-state index is -0.0766. The van der Waals surface area contributed by atoms with Gasteiger partial charge in [-0.05, 0) is 27.4 Å². The summed E-state index contributed by atoms with van der Waals surface area (Å²) in [6, 6.07) is 3.98. The third-order valence-electron chi connectivity index (χ3n) is 2.77. The number of hydrogen-bond acceptors (Lipinski definition) is 5. The smallest absolute Gasteiger partial charge is 0.138 e. The highest BCUT2D eigenvalue weighted by atomic mass is 79.9. The highest BCUT2D eigenvalue weighted by molar-refractivity contribution is 9.10. The molecule has 4 nitrogen and oxygen atoms in total. The Balaban J connectivity index is 2.21. The van der Waals surface area contributed by atoms with Crippen LogP contribution < -0.4 is 10.6 Å². The van der Waals surface area contributed by atoms with E-state index in [1.807, 2.05) is 13.1 Å². The summed E-state index contributed by atoms with van der Waals surface area (Å²) in [5.41, 5.74) is -0.0766. The highest BCUT2D eigenvalue weighted by Gasteiger charge is 2.19. The van der Waals surface area contributed by atoms with Crippen LogP contribution in [-0.4, -0.2) is 17.0 Å². The lowest BCUT2D eigenvalue weighted by Gasteiger charge is -2.18. The van der Waals surface area contributed by atoms with Crippen LogP contribution in [0, 0.1) is 0 Å². The molecule has 0 fully saturated rings. The summed E-state index contributed by atoms with van der Waals surface area (Å²) in [7, 11) is 1.87. The van der Waals surface area contributed by atoms with Crippen LogP contribution in [0.25, 0.3) is 0 Å². The van der Waals surface area contributed by atoms with Crippen LogP contribution in [0.1, 0.15) is 31.5 Å². The fourth-order valence-electron chi connectivity index (χ4n) is 1.62. The molecule has 2 aromatic heterocycles. The predicted molar refractivity (Wildman–Crippen MR) is 89.6 cm³/mol. The van der Waals surface area contributed by atoms with E-state index >= 15 is 0 Å². The summed E-state index contributed by atoms with van der Waals surface area (Å²) in [4.78, 5) is 10.4. The number of thiophene rings is 1. The topological polar surface area (TPSA) is 49.8 Å². The Morgan fingerprint density at radius 1 is 1.25 bits per heavy atom. The summed E-state index contributed by atoms with van der Waals surface area (Å²) >= 11 is 5.26. The van der Waals surface area contributed by atoms with E-state index in [1.54, 1.807) is 11.3 Å². The molecule has 0 saturated carbocycles. The Kier molecular flexibility index (Phi) is 4.65. The van der Waals surface area contributed by atoms with Gasteiger partial charge in [0.1, 0.15) is 17.5 Å². The second-order valence-corrected chi connectivity index (χ2v) is 7.36. The molecule has 0 aromatic carbocycles. The van der Waals surface area contributed by atoms with Crippen molar-refractivity contribution in [3.63, 3.8) is 0 Å². The molecule has 0 spiro atoms. The Morgan fingerprint density at radius 3 is 2.50 bits per heavy atom. The summed E-state index contributed by atoms with van der Waals surface area (Å²) in [5, 5.41) is 8.52. The van der Waals surface area contributed by atoms with E-state index in [-0.39, 0.29) is 5.41 Å². The lowest BCUT2D eigenvalue weighted by Crippen LogP contribution is -2.18. The molecule has 2 heterocycles. The third kappa shape index (κ3) is 3.70. The van der Waals surface area contributed by atoms with Gasteiger partial charge in [-0.1, -0.05) is 20.8 Å². The zero-order valence-electron chi connectivity index (χ0n) is 12.1. The van der Waals surface area contributed by atoms with Crippen molar-refractivity contribution in [2.45, 2.75) is 32.7 Å². The molecule has 20 heavy (non-hydrogen) atoms. The van der Waals surface area contributed by atoms with Gasteiger partial charge in [-0.2, -0.15) is 0 Å². The van der Waals surface area contributed by atoms with Gasteiger partial charge in [0.25, 0.3) is 0 Å². The van der Waals surface area contributed by atoms with Gasteiger partial charge in [0.15, 0.2) is 0 Å². The number of rotatable bonds is 4. The van der Waals surface area contributed by atoms with E-state index in [1.165, 1.54) is 4.88 Å². The summed E-state index contributed by atoms with van der Waals surface area (Å²) in [6.07, 6.45) is 0. The quantitative estimate of drug-likeness (QED) is 0.861. The molecular weight excluding hydrogens is 336 g/mol. The molecule has 0 aliphatic heterocycles. The average molecular weight is 355 g/mol. The summed E-state index contributed by atoms with van der Waals surface area (Å²) in [6.45, 7) is 7.09. The maximum Gasteiger partial charge on any atom is 0.138 e. The molecule has 0 radical (unpaired) electrons. The SMILES string of the molecule is CNc1cc(NCc2sccc2Br)nc(C(C)(C)C)n1. The Morgan fingerprint density at radius 2 is 1.95 bits per heavy atom. The van der Waals surface area contributed by atoms with Crippen molar-refractivity contribution in [2.75, 3.05) is 17.7 Å². The third-order valence-corrected chi connectivity index (χ3v) is 4.70. The standard InChI is InChI=1S/C14H19BrN4S/c1-14(2,3)13-18-11(16-4)7-12(19-13)17-8-10-9(15)5-6-20-10/h5-7H,8H2,1-4H3,(H2,16,17,18,19). The molecule has 2 rings (SSSR count). The van der Waals surface area contributed by atoms with Crippen molar-refractivity contribution >= 4 is 38.9 Å². The minimum absolute atomic E-state index is 0.0766. The number of hydrogen-bond donors (Lipinski definition) is 2. The van der Waals surface area contributed by atoms with Gasteiger partial charge in [-0.25, -0.2) is 9.97 Å². The van der Waals surface area contributed by atoms with Gasteiger partial charge >= 0.3 is 0 Å². The van der Waals surface area contributed by atoms with Crippen molar-refractivity contribution in [2.24, 2.45) is 0 Å². The number of nitrogens with zero attached hydrogens (tertiary/aromatic N) is 2. The molecule has 0 unspecified atom stereocenters. The first-order valence-corrected chi connectivity index (χ1v) is 8.10.